The SMILES string of the molecule is O=c1ccc(-c2ccco2)nn1CN1CCN([C@H]2CCS(=O)(=O)C2)CC1. The fourth-order valence-corrected chi connectivity index (χ4v) is 5.39. The zero-order valence-electron chi connectivity index (χ0n) is 14.5. The summed E-state index contributed by atoms with van der Waals surface area (Å²) in [5.74, 6) is 1.21. The van der Waals surface area contributed by atoms with Crippen molar-refractivity contribution in [3.8, 4) is 11.5 Å². The van der Waals surface area contributed by atoms with E-state index in [-0.39, 0.29) is 17.4 Å². The molecule has 0 radical (unpaired) electrons. The Morgan fingerprint density at radius 3 is 2.62 bits per heavy atom. The quantitative estimate of drug-likeness (QED) is 0.754. The van der Waals surface area contributed by atoms with E-state index in [1.807, 2.05) is 6.07 Å². The summed E-state index contributed by atoms with van der Waals surface area (Å²) >= 11 is 0. The lowest BCUT2D eigenvalue weighted by Crippen LogP contribution is -2.51. The van der Waals surface area contributed by atoms with E-state index in [1.165, 1.54) is 10.7 Å². The van der Waals surface area contributed by atoms with Gasteiger partial charge in [0.05, 0.1) is 24.4 Å². The third-order valence-electron chi connectivity index (χ3n) is 5.11. The van der Waals surface area contributed by atoms with Crippen LogP contribution in [0.5, 0.6) is 0 Å². The van der Waals surface area contributed by atoms with E-state index in [2.05, 4.69) is 14.9 Å². The molecule has 2 aromatic heterocycles. The number of hydrogen-bond donors (Lipinski definition) is 0. The van der Waals surface area contributed by atoms with Crippen LogP contribution in [0.15, 0.2) is 39.7 Å². The van der Waals surface area contributed by atoms with Gasteiger partial charge in [-0.15, -0.1) is 0 Å². The Kier molecular flexibility index (Phi) is 4.68. The molecule has 2 saturated heterocycles. The number of furan rings is 1. The minimum Gasteiger partial charge on any atom is -0.463 e. The molecule has 26 heavy (non-hydrogen) atoms. The van der Waals surface area contributed by atoms with Crippen LogP contribution in [0.3, 0.4) is 0 Å². The summed E-state index contributed by atoms with van der Waals surface area (Å²) in [7, 11) is -2.86. The van der Waals surface area contributed by atoms with E-state index in [9.17, 15) is 13.2 Å². The van der Waals surface area contributed by atoms with E-state index in [0.717, 1.165) is 32.6 Å². The molecule has 8 nitrogen and oxygen atoms in total. The van der Waals surface area contributed by atoms with Crippen LogP contribution in [0.1, 0.15) is 6.42 Å². The summed E-state index contributed by atoms with van der Waals surface area (Å²) < 4.78 is 30.1. The molecule has 0 amide bonds. The van der Waals surface area contributed by atoms with Crippen molar-refractivity contribution >= 4 is 9.84 Å². The van der Waals surface area contributed by atoms with Crippen LogP contribution in [-0.2, 0) is 16.5 Å². The number of sulfone groups is 1. The van der Waals surface area contributed by atoms with Gasteiger partial charge in [-0.05, 0) is 24.6 Å². The monoisotopic (exact) mass is 378 g/mol. The maximum Gasteiger partial charge on any atom is 0.268 e. The van der Waals surface area contributed by atoms with Crippen molar-refractivity contribution in [2.75, 3.05) is 37.7 Å². The summed E-state index contributed by atoms with van der Waals surface area (Å²) in [5, 5.41) is 4.40. The van der Waals surface area contributed by atoms with E-state index in [4.69, 9.17) is 4.42 Å². The van der Waals surface area contributed by atoms with Crippen molar-refractivity contribution in [2.24, 2.45) is 0 Å². The largest absolute Gasteiger partial charge is 0.463 e. The van der Waals surface area contributed by atoms with Crippen molar-refractivity contribution in [3.05, 3.63) is 40.9 Å². The lowest BCUT2D eigenvalue weighted by Gasteiger charge is -2.37. The Balaban J connectivity index is 1.39. The zero-order chi connectivity index (χ0) is 18.1. The van der Waals surface area contributed by atoms with Gasteiger partial charge in [0.1, 0.15) is 5.69 Å². The Hall–Kier alpha value is -1.97. The molecule has 0 spiro atoms. The normalized spacial score (nSPS) is 24.1. The molecule has 9 heteroatoms. The van der Waals surface area contributed by atoms with Crippen molar-refractivity contribution in [1.82, 2.24) is 19.6 Å². The first-order valence-corrected chi connectivity index (χ1v) is 10.6. The molecule has 0 aliphatic carbocycles. The highest BCUT2D eigenvalue weighted by molar-refractivity contribution is 7.91. The number of nitrogens with zero attached hydrogens (tertiary/aromatic N) is 4. The highest BCUT2D eigenvalue weighted by Gasteiger charge is 2.33. The van der Waals surface area contributed by atoms with Crippen LogP contribution >= 0.6 is 0 Å². The Morgan fingerprint density at radius 2 is 1.96 bits per heavy atom. The van der Waals surface area contributed by atoms with E-state index >= 15 is 0 Å². The van der Waals surface area contributed by atoms with Crippen molar-refractivity contribution in [1.29, 1.82) is 0 Å². The highest BCUT2D eigenvalue weighted by atomic mass is 32.2. The molecule has 2 aromatic rings. The molecular formula is C17H22N4O4S. The smallest absolute Gasteiger partial charge is 0.268 e. The van der Waals surface area contributed by atoms with Crippen LogP contribution < -0.4 is 5.56 Å². The standard InChI is InChI=1S/C17H22N4O4S/c22-17-4-3-15(16-2-1-10-25-16)18-21(17)13-19-6-8-20(9-7-19)14-5-11-26(23,24)12-14/h1-4,10,14H,5-9,11-13H2/t14-/m0/s1. The first kappa shape index (κ1) is 17.4. The molecule has 0 aromatic carbocycles. The molecule has 0 N–H and O–H groups in total. The van der Waals surface area contributed by atoms with Crippen LogP contribution in [0, 0.1) is 0 Å². The van der Waals surface area contributed by atoms with Crippen molar-refractivity contribution < 1.29 is 12.8 Å². The predicted octanol–water partition coefficient (Wildman–Crippen LogP) is 0.266. The van der Waals surface area contributed by atoms with Gasteiger partial charge >= 0.3 is 0 Å². The Labute approximate surface area is 151 Å². The van der Waals surface area contributed by atoms with Gasteiger partial charge in [-0.1, -0.05) is 0 Å². The van der Waals surface area contributed by atoms with Crippen LogP contribution in [0.25, 0.3) is 11.5 Å². The number of hydrogen-bond acceptors (Lipinski definition) is 7. The maximum absolute atomic E-state index is 12.1. The van der Waals surface area contributed by atoms with Gasteiger partial charge in [0, 0.05) is 38.3 Å². The van der Waals surface area contributed by atoms with Gasteiger partial charge < -0.3 is 4.42 Å². The second kappa shape index (κ2) is 6.98. The molecule has 0 bridgehead atoms. The highest BCUT2D eigenvalue weighted by Crippen LogP contribution is 2.19. The Bertz CT molecular complexity index is 914. The second-order valence-electron chi connectivity index (χ2n) is 6.89. The summed E-state index contributed by atoms with van der Waals surface area (Å²) in [6, 6.07) is 6.91. The molecule has 140 valence electrons. The summed E-state index contributed by atoms with van der Waals surface area (Å²) in [6.45, 7) is 3.62. The lowest BCUT2D eigenvalue weighted by molar-refractivity contribution is 0.0800. The minimum absolute atomic E-state index is 0.144. The predicted molar refractivity (Wildman–Crippen MR) is 96.4 cm³/mol. The van der Waals surface area contributed by atoms with E-state index in [0.29, 0.717) is 23.9 Å². The average Bonchev–Trinajstić information content (AvgIpc) is 3.27. The molecular weight excluding hydrogens is 356 g/mol. The molecule has 0 saturated carbocycles. The van der Waals surface area contributed by atoms with Crippen LogP contribution in [0.4, 0.5) is 0 Å². The number of piperazine rings is 1. The van der Waals surface area contributed by atoms with E-state index in [1.54, 1.807) is 18.4 Å². The molecule has 2 fully saturated rings. The number of rotatable bonds is 4. The van der Waals surface area contributed by atoms with Gasteiger partial charge in [-0.25, -0.2) is 13.1 Å². The maximum atomic E-state index is 12.1. The first-order valence-electron chi connectivity index (χ1n) is 8.79. The van der Waals surface area contributed by atoms with Crippen LogP contribution in [-0.4, -0.2) is 71.7 Å². The fourth-order valence-electron chi connectivity index (χ4n) is 3.63. The summed E-state index contributed by atoms with van der Waals surface area (Å²) in [4.78, 5) is 16.6. The topological polar surface area (TPSA) is 88.7 Å². The third-order valence-corrected chi connectivity index (χ3v) is 6.86. The van der Waals surface area contributed by atoms with Gasteiger partial charge in [0.25, 0.3) is 5.56 Å². The third kappa shape index (κ3) is 3.74. The van der Waals surface area contributed by atoms with Gasteiger partial charge in [0.2, 0.25) is 0 Å². The molecule has 0 unspecified atom stereocenters. The molecule has 4 heterocycles. The zero-order valence-corrected chi connectivity index (χ0v) is 15.3. The lowest BCUT2D eigenvalue weighted by atomic mass is 10.2. The average molecular weight is 378 g/mol. The van der Waals surface area contributed by atoms with E-state index < -0.39 is 9.84 Å². The van der Waals surface area contributed by atoms with Gasteiger partial charge in [0.15, 0.2) is 15.6 Å². The molecule has 2 aliphatic rings. The molecule has 1 atom stereocenters. The first-order chi connectivity index (χ1) is 12.5. The minimum atomic E-state index is -2.86. The second-order valence-corrected chi connectivity index (χ2v) is 9.11. The van der Waals surface area contributed by atoms with Crippen LogP contribution in [0.2, 0.25) is 0 Å². The van der Waals surface area contributed by atoms with Gasteiger partial charge in [-0.3, -0.25) is 14.6 Å². The summed E-state index contributed by atoms with van der Waals surface area (Å²) in [6.07, 6.45) is 2.31. The Morgan fingerprint density at radius 1 is 1.15 bits per heavy atom. The van der Waals surface area contributed by atoms with Crippen molar-refractivity contribution in [3.63, 3.8) is 0 Å². The molecule has 2 aliphatic heterocycles. The van der Waals surface area contributed by atoms with Gasteiger partial charge in [-0.2, -0.15) is 5.10 Å². The summed E-state index contributed by atoms with van der Waals surface area (Å²) in [5.41, 5.74) is 0.481. The number of aromatic nitrogens is 2. The fraction of sp³-hybridized carbons (Fsp3) is 0.529. The van der Waals surface area contributed by atoms with Crippen molar-refractivity contribution in [2.45, 2.75) is 19.1 Å². The molecule has 4 rings (SSSR count).